The molecule has 2 aromatic rings. The predicted octanol–water partition coefficient (Wildman–Crippen LogP) is 2.74. The normalized spacial score (nSPS) is 15.5. The van der Waals surface area contributed by atoms with Gasteiger partial charge in [0, 0.05) is 30.6 Å². The maximum Gasteiger partial charge on any atom is 0.147 e. The van der Waals surface area contributed by atoms with Crippen LogP contribution < -0.4 is 4.74 Å². The first kappa shape index (κ1) is 15.9. The Labute approximate surface area is 136 Å². The van der Waals surface area contributed by atoms with Gasteiger partial charge >= 0.3 is 0 Å². The second kappa shape index (κ2) is 5.92. The van der Waals surface area contributed by atoms with Crippen LogP contribution >= 0.6 is 0 Å². The molecule has 1 aromatic heterocycles. The molecule has 0 saturated carbocycles. The third-order valence-corrected chi connectivity index (χ3v) is 4.15. The number of fused-ring (bicyclic) bond motifs is 1. The first-order valence-electron chi connectivity index (χ1n) is 7.86. The van der Waals surface area contributed by atoms with Crippen LogP contribution in [0.4, 0.5) is 4.39 Å². The molecule has 6 heteroatoms. The first-order valence-corrected chi connectivity index (χ1v) is 7.86. The van der Waals surface area contributed by atoms with Crippen molar-refractivity contribution in [2.24, 2.45) is 0 Å². The minimum Gasteiger partial charge on any atom is -0.497 e. The summed E-state index contributed by atoms with van der Waals surface area (Å²) < 4.78 is 21.4. The Morgan fingerprint density at radius 2 is 2.00 bits per heavy atom. The molecule has 0 unspecified atom stereocenters. The van der Waals surface area contributed by atoms with Gasteiger partial charge in [0.05, 0.1) is 13.7 Å². The van der Waals surface area contributed by atoms with Crippen molar-refractivity contribution in [1.82, 2.24) is 19.7 Å². The highest BCUT2D eigenvalue weighted by atomic mass is 19.1. The smallest absolute Gasteiger partial charge is 0.147 e. The summed E-state index contributed by atoms with van der Waals surface area (Å²) in [5.74, 6) is 2.44. The molecule has 2 heterocycles. The highest BCUT2D eigenvalue weighted by Crippen LogP contribution is 2.25. The zero-order valence-electron chi connectivity index (χ0n) is 14.1. The molecule has 0 saturated heterocycles. The standard InChI is InChI=1S/C17H23FN4O/c1-17(2,3)16-20-19-15-11-21(7-8-22(15)16)10-12-9-13(23-4)5-6-14(12)18/h5-6,9H,7-8,10-11H2,1-4H3. The van der Waals surface area contributed by atoms with Crippen LogP contribution in [0.5, 0.6) is 5.75 Å². The third kappa shape index (κ3) is 3.22. The maximum absolute atomic E-state index is 14.0. The van der Waals surface area contributed by atoms with Gasteiger partial charge in [0.25, 0.3) is 0 Å². The Kier molecular flexibility index (Phi) is 4.10. The molecule has 0 radical (unpaired) electrons. The molecule has 1 aliphatic rings. The van der Waals surface area contributed by atoms with Gasteiger partial charge in [-0.1, -0.05) is 20.8 Å². The SMILES string of the molecule is COc1ccc(F)c(CN2CCn3c(nnc3C(C)(C)C)C2)c1. The number of rotatable bonds is 3. The van der Waals surface area contributed by atoms with E-state index in [-0.39, 0.29) is 11.2 Å². The number of hydrogen-bond acceptors (Lipinski definition) is 4. The van der Waals surface area contributed by atoms with Crippen molar-refractivity contribution < 1.29 is 9.13 Å². The van der Waals surface area contributed by atoms with Gasteiger partial charge in [-0.3, -0.25) is 4.90 Å². The Morgan fingerprint density at radius 3 is 2.70 bits per heavy atom. The molecule has 5 nitrogen and oxygen atoms in total. The van der Waals surface area contributed by atoms with Gasteiger partial charge in [0.15, 0.2) is 0 Å². The Hall–Kier alpha value is -1.95. The Balaban J connectivity index is 1.77. The molecular formula is C17H23FN4O. The zero-order valence-corrected chi connectivity index (χ0v) is 14.1. The van der Waals surface area contributed by atoms with E-state index in [4.69, 9.17) is 4.74 Å². The van der Waals surface area contributed by atoms with Crippen LogP contribution in [0.15, 0.2) is 18.2 Å². The molecule has 1 aromatic carbocycles. The number of methoxy groups -OCH3 is 1. The van der Waals surface area contributed by atoms with Crippen LogP contribution in [0.25, 0.3) is 0 Å². The van der Waals surface area contributed by atoms with Crippen LogP contribution in [-0.2, 0) is 25.0 Å². The monoisotopic (exact) mass is 318 g/mol. The largest absolute Gasteiger partial charge is 0.497 e. The summed E-state index contributed by atoms with van der Waals surface area (Å²) in [6.45, 7) is 9.33. The maximum atomic E-state index is 14.0. The Bertz CT molecular complexity index is 705. The minimum absolute atomic E-state index is 0.0215. The van der Waals surface area contributed by atoms with Gasteiger partial charge in [-0.25, -0.2) is 4.39 Å². The summed E-state index contributed by atoms with van der Waals surface area (Å²) in [6.07, 6.45) is 0. The van der Waals surface area contributed by atoms with Gasteiger partial charge in [0.1, 0.15) is 23.2 Å². The second-order valence-corrected chi connectivity index (χ2v) is 7.01. The van der Waals surface area contributed by atoms with Crippen LogP contribution in [0.1, 0.15) is 38.0 Å². The summed E-state index contributed by atoms with van der Waals surface area (Å²) >= 11 is 0. The molecule has 23 heavy (non-hydrogen) atoms. The van der Waals surface area contributed by atoms with Gasteiger partial charge in [-0.2, -0.15) is 0 Å². The highest BCUT2D eigenvalue weighted by Gasteiger charge is 2.27. The highest BCUT2D eigenvalue weighted by molar-refractivity contribution is 5.29. The third-order valence-electron chi connectivity index (χ3n) is 4.15. The van der Waals surface area contributed by atoms with E-state index < -0.39 is 0 Å². The summed E-state index contributed by atoms with van der Waals surface area (Å²) in [5, 5.41) is 8.67. The van der Waals surface area contributed by atoms with E-state index in [1.165, 1.54) is 6.07 Å². The fourth-order valence-electron chi connectivity index (χ4n) is 2.94. The first-order chi connectivity index (χ1) is 10.9. The van der Waals surface area contributed by atoms with E-state index in [0.717, 1.165) is 24.7 Å². The quantitative estimate of drug-likeness (QED) is 0.873. The van der Waals surface area contributed by atoms with Crippen molar-refractivity contribution in [2.45, 2.75) is 45.8 Å². The molecule has 1 aliphatic heterocycles. The van der Waals surface area contributed by atoms with Crippen LogP contribution in [0.3, 0.4) is 0 Å². The van der Waals surface area contributed by atoms with E-state index >= 15 is 0 Å². The predicted molar refractivity (Wildman–Crippen MR) is 85.8 cm³/mol. The van der Waals surface area contributed by atoms with E-state index in [9.17, 15) is 4.39 Å². The van der Waals surface area contributed by atoms with Crippen molar-refractivity contribution in [3.8, 4) is 5.75 Å². The number of nitrogens with zero attached hydrogens (tertiary/aromatic N) is 4. The van der Waals surface area contributed by atoms with E-state index in [1.807, 2.05) is 0 Å². The summed E-state index contributed by atoms with van der Waals surface area (Å²) in [5.41, 5.74) is 0.625. The molecule has 3 rings (SSSR count). The van der Waals surface area contributed by atoms with Crippen molar-refractivity contribution in [3.05, 3.63) is 41.2 Å². The van der Waals surface area contributed by atoms with Crippen molar-refractivity contribution >= 4 is 0 Å². The second-order valence-electron chi connectivity index (χ2n) is 7.01. The van der Waals surface area contributed by atoms with E-state index in [1.54, 1.807) is 19.2 Å². The zero-order chi connectivity index (χ0) is 16.6. The van der Waals surface area contributed by atoms with Crippen LogP contribution in [0.2, 0.25) is 0 Å². The van der Waals surface area contributed by atoms with Gasteiger partial charge < -0.3 is 9.30 Å². The van der Waals surface area contributed by atoms with Crippen molar-refractivity contribution in [3.63, 3.8) is 0 Å². The lowest BCUT2D eigenvalue weighted by Gasteiger charge is -2.29. The summed E-state index contributed by atoms with van der Waals surface area (Å²) in [4.78, 5) is 2.19. The van der Waals surface area contributed by atoms with Crippen molar-refractivity contribution in [2.75, 3.05) is 13.7 Å². The average molecular weight is 318 g/mol. The molecule has 0 N–H and O–H groups in total. The summed E-state index contributed by atoms with van der Waals surface area (Å²) in [6, 6.07) is 4.86. The molecule has 124 valence electrons. The molecule has 0 bridgehead atoms. The fraction of sp³-hybridized carbons (Fsp3) is 0.529. The summed E-state index contributed by atoms with van der Waals surface area (Å²) in [7, 11) is 1.59. The Morgan fingerprint density at radius 1 is 1.22 bits per heavy atom. The molecule has 0 aliphatic carbocycles. The lowest BCUT2D eigenvalue weighted by Crippen LogP contribution is -2.35. The average Bonchev–Trinajstić information content (AvgIpc) is 2.92. The molecular weight excluding hydrogens is 295 g/mol. The number of aromatic nitrogens is 3. The van der Waals surface area contributed by atoms with Gasteiger partial charge in [-0.15, -0.1) is 10.2 Å². The molecule has 0 spiro atoms. The minimum atomic E-state index is -0.201. The van der Waals surface area contributed by atoms with Crippen molar-refractivity contribution in [1.29, 1.82) is 0 Å². The van der Waals surface area contributed by atoms with E-state index in [0.29, 0.717) is 24.4 Å². The van der Waals surface area contributed by atoms with Gasteiger partial charge in [-0.05, 0) is 18.2 Å². The van der Waals surface area contributed by atoms with Crippen LogP contribution in [0, 0.1) is 5.82 Å². The molecule has 0 fully saturated rings. The molecule has 0 amide bonds. The fourth-order valence-corrected chi connectivity index (χ4v) is 2.94. The number of halogens is 1. The van der Waals surface area contributed by atoms with E-state index in [2.05, 4.69) is 40.4 Å². The lowest BCUT2D eigenvalue weighted by molar-refractivity contribution is 0.202. The molecule has 0 atom stereocenters. The topological polar surface area (TPSA) is 43.2 Å². The lowest BCUT2D eigenvalue weighted by atomic mass is 9.95. The van der Waals surface area contributed by atoms with Crippen LogP contribution in [-0.4, -0.2) is 33.3 Å². The number of benzene rings is 1. The number of ether oxygens (including phenoxy) is 1. The number of hydrogen-bond donors (Lipinski definition) is 0. The van der Waals surface area contributed by atoms with Gasteiger partial charge in [0.2, 0.25) is 0 Å².